The molecule has 1 rings (SSSR count). The maximum Gasteiger partial charge on any atom is 0.384 e. The van der Waals surface area contributed by atoms with E-state index < -0.39 is 92.5 Å². The fraction of sp³-hybridized carbons (Fsp3) is 0.917. The van der Waals surface area contributed by atoms with Crippen molar-refractivity contribution in [3.8, 4) is 0 Å². The van der Waals surface area contributed by atoms with Gasteiger partial charge < -0.3 is 14.2 Å². The van der Waals surface area contributed by atoms with E-state index in [9.17, 15) is 62.3 Å². The van der Waals surface area contributed by atoms with Crippen LogP contribution in [0.4, 0.5) is 52.7 Å². The molecule has 41 heavy (non-hydrogen) atoms. The number of hydrogen-bond donors (Lipinski definition) is 0. The van der Waals surface area contributed by atoms with Gasteiger partial charge in [-0.3, -0.25) is 4.79 Å². The molecule has 1 aliphatic heterocycles. The van der Waals surface area contributed by atoms with Gasteiger partial charge in [-0.1, -0.05) is 32.6 Å². The Morgan fingerprint density at radius 3 is 1.71 bits per heavy atom. The van der Waals surface area contributed by atoms with E-state index in [4.69, 9.17) is 9.47 Å². The number of hydrogen-bond acceptors (Lipinski definition) is 5. The van der Waals surface area contributed by atoms with Crippen LogP contribution in [0.25, 0.3) is 0 Å². The molecule has 1 unspecified atom stereocenters. The number of esters is 1. The summed E-state index contributed by atoms with van der Waals surface area (Å²) in [5, 5.41) is 0. The topological polar surface area (TPSA) is 61.8 Å². The van der Waals surface area contributed by atoms with Crippen molar-refractivity contribution in [3.05, 3.63) is 0 Å². The third-order valence-electron chi connectivity index (χ3n) is 6.33. The summed E-state index contributed by atoms with van der Waals surface area (Å²) in [6.45, 7) is -0.118. The molecule has 1 saturated heterocycles. The Labute approximate surface area is 228 Å². The quantitative estimate of drug-likeness (QED) is 0.0639. The van der Waals surface area contributed by atoms with Gasteiger partial charge in [-0.05, 0) is 32.1 Å². The largest absolute Gasteiger partial charge is 0.460 e. The van der Waals surface area contributed by atoms with Crippen molar-refractivity contribution >= 4 is 11.8 Å². The van der Waals surface area contributed by atoms with Crippen LogP contribution in [0, 0.1) is 0 Å². The van der Waals surface area contributed by atoms with Crippen molar-refractivity contribution < 1.29 is 76.5 Å². The molecule has 0 radical (unpaired) electrons. The number of carbonyl (C=O) groups excluding carboxylic acids is 2. The van der Waals surface area contributed by atoms with Crippen molar-refractivity contribution in [2.75, 3.05) is 19.8 Å². The van der Waals surface area contributed by atoms with Crippen molar-refractivity contribution in [1.82, 2.24) is 0 Å². The van der Waals surface area contributed by atoms with Crippen LogP contribution in [0.5, 0.6) is 0 Å². The van der Waals surface area contributed by atoms with Crippen LogP contribution in [0.3, 0.4) is 0 Å². The maximum absolute atomic E-state index is 14.0. The standard InChI is InChI=1S/C24H32F12O5/c1-2-3-4-5-7-11-19(25,26)21(29,30)23(33,34)24(35,36)22(31,32)20(27,28)12-9-14-40-18(38)16(37)15-41-17-10-6-8-13-39-17/h17H,2-15H2,1H3. The zero-order valence-corrected chi connectivity index (χ0v) is 22.1. The molecule has 0 aromatic rings. The highest BCUT2D eigenvalue weighted by Crippen LogP contribution is 2.61. The summed E-state index contributed by atoms with van der Waals surface area (Å²) in [6.07, 6.45) is -4.71. The van der Waals surface area contributed by atoms with Gasteiger partial charge in [-0.25, -0.2) is 4.79 Å². The molecule has 5 nitrogen and oxygen atoms in total. The molecule has 1 heterocycles. The minimum atomic E-state index is -7.65. The summed E-state index contributed by atoms with van der Waals surface area (Å²) >= 11 is 0. The Kier molecular flexibility index (Phi) is 13.3. The number of ketones is 1. The summed E-state index contributed by atoms with van der Waals surface area (Å²) in [6, 6.07) is 0. The molecule has 0 aromatic heterocycles. The lowest BCUT2D eigenvalue weighted by atomic mass is 9.88. The van der Waals surface area contributed by atoms with Gasteiger partial charge in [-0.2, -0.15) is 52.7 Å². The third kappa shape index (κ3) is 8.63. The van der Waals surface area contributed by atoms with Crippen LogP contribution in [0.2, 0.25) is 0 Å². The number of ether oxygens (including phenoxy) is 3. The van der Waals surface area contributed by atoms with E-state index in [0.29, 0.717) is 32.3 Å². The number of halogens is 12. The number of Topliss-reactive ketones (excluding diaryl/α,β-unsaturated/α-hetero) is 1. The smallest absolute Gasteiger partial charge is 0.384 e. The van der Waals surface area contributed by atoms with Crippen LogP contribution in [-0.2, 0) is 23.8 Å². The van der Waals surface area contributed by atoms with E-state index in [2.05, 4.69) is 4.74 Å². The van der Waals surface area contributed by atoms with Gasteiger partial charge in [0.2, 0.25) is 0 Å². The molecule has 0 N–H and O–H groups in total. The van der Waals surface area contributed by atoms with Crippen molar-refractivity contribution in [2.24, 2.45) is 0 Å². The van der Waals surface area contributed by atoms with Crippen LogP contribution in [-0.4, -0.2) is 73.4 Å². The highest BCUT2D eigenvalue weighted by Gasteiger charge is 2.89. The number of carbonyl (C=O) groups is 2. The van der Waals surface area contributed by atoms with Gasteiger partial charge in [0, 0.05) is 19.4 Å². The second kappa shape index (κ2) is 14.6. The zero-order chi connectivity index (χ0) is 31.8. The second-order valence-electron chi connectivity index (χ2n) is 9.64. The van der Waals surface area contributed by atoms with Gasteiger partial charge in [0.1, 0.15) is 6.61 Å². The molecule has 0 bridgehead atoms. The van der Waals surface area contributed by atoms with Crippen LogP contribution < -0.4 is 0 Å². The monoisotopic (exact) mass is 628 g/mol. The summed E-state index contributed by atoms with van der Waals surface area (Å²) in [4.78, 5) is 23.2. The molecule has 1 atom stereocenters. The lowest BCUT2D eigenvalue weighted by Gasteiger charge is -2.41. The highest BCUT2D eigenvalue weighted by atomic mass is 19.4. The Bertz CT molecular complexity index is 845. The maximum atomic E-state index is 14.0. The Hall–Kier alpha value is -1.78. The van der Waals surface area contributed by atoms with Crippen LogP contribution in [0.15, 0.2) is 0 Å². The number of rotatable bonds is 19. The highest BCUT2D eigenvalue weighted by molar-refractivity contribution is 6.34. The van der Waals surface area contributed by atoms with Gasteiger partial charge in [0.25, 0.3) is 5.78 Å². The Morgan fingerprint density at radius 2 is 1.22 bits per heavy atom. The van der Waals surface area contributed by atoms with Crippen molar-refractivity contribution in [3.63, 3.8) is 0 Å². The minimum absolute atomic E-state index is 0.187. The third-order valence-corrected chi connectivity index (χ3v) is 6.33. The van der Waals surface area contributed by atoms with Gasteiger partial charge >= 0.3 is 41.5 Å². The van der Waals surface area contributed by atoms with Crippen LogP contribution >= 0.6 is 0 Å². The van der Waals surface area contributed by atoms with Gasteiger partial charge in [0.05, 0.1) is 6.61 Å². The van der Waals surface area contributed by atoms with Crippen molar-refractivity contribution in [2.45, 2.75) is 119 Å². The average Bonchev–Trinajstić information content (AvgIpc) is 2.89. The van der Waals surface area contributed by atoms with E-state index in [-0.39, 0.29) is 12.8 Å². The summed E-state index contributed by atoms with van der Waals surface area (Å²) in [5.74, 6) is -44.8. The zero-order valence-electron chi connectivity index (χ0n) is 22.1. The molecular weight excluding hydrogens is 596 g/mol. The first-order valence-electron chi connectivity index (χ1n) is 12.9. The first-order chi connectivity index (χ1) is 18.7. The predicted octanol–water partition coefficient (Wildman–Crippen LogP) is 7.59. The molecule has 1 aliphatic rings. The Morgan fingerprint density at radius 1 is 0.707 bits per heavy atom. The molecule has 0 aromatic carbocycles. The minimum Gasteiger partial charge on any atom is -0.460 e. The van der Waals surface area contributed by atoms with E-state index in [1.54, 1.807) is 6.92 Å². The molecule has 242 valence electrons. The first kappa shape index (κ1) is 37.2. The second-order valence-corrected chi connectivity index (χ2v) is 9.64. The Balaban J connectivity index is 2.80. The molecule has 0 aliphatic carbocycles. The van der Waals surface area contributed by atoms with Crippen molar-refractivity contribution in [1.29, 1.82) is 0 Å². The predicted molar refractivity (Wildman–Crippen MR) is 118 cm³/mol. The van der Waals surface area contributed by atoms with Crippen LogP contribution in [0.1, 0.15) is 77.6 Å². The summed E-state index contributed by atoms with van der Waals surface area (Å²) in [5.41, 5.74) is 0. The molecular formula is C24H32F12O5. The van der Waals surface area contributed by atoms with E-state index in [1.165, 1.54) is 0 Å². The van der Waals surface area contributed by atoms with Gasteiger partial charge in [0.15, 0.2) is 6.29 Å². The number of alkyl halides is 12. The molecule has 0 saturated carbocycles. The normalized spacial score (nSPS) is 17.9. The fourth-order valence-corrected chi connectivity index (χ4v) is 3.73. The lowest BCUT2D eigenvalue weighted by molar-refractivity contribution is -0.425. The van der Waals surface area contributed by atoms with E-state index in [1.807, 2.05) is 0 Å². The molecule has 17 heteroatoms. The first-order valence-corrected chi connectivity index (χ1v) is 12.9. The lowest BCUT2D eigenvalue weighted by Crippen LogP contribution is -2.70. The summed E-state index contributed by atoms with van der Waals surface area (Å²) < 4.78 is 182. The molecule has 0 spiro atoms. The molecule has 1 fully saturated rings. The van der Waals surface area contributed by atoms with Gasteiger partial charge in [-0.15, -0.1) is 0 Å². The van der Waals surface area contributed by atoms with E-state index >= 15 is 0 Å². The number of unbranched alkanes of at least 4 members (excludes halogenated alkanes) is 4. The fourth-order valence-electron chi connectivity index (χ4n) is 3.73. The average molecular weight is 628 g/mol. The molecule has 0 amide bonds. The van der Waals surface area contributed by atoms with E-state index in [0.717, 1.165) is 6.42 Å². The summed E-state index contributed by atoms with van der Waals surface area (Å²) in [7, 11) is 0. The SMILES string of the molecule is CCCCCCCC(F)(F)C(F)(F)C(F)(F)C(F)(F)C(F)(F)C(F)(F)CCCOC(=O)C(=O)COC1CCCCO1.